The van der Waals surface area contributed by atoms with Gasteiger partial charge in [-0.05, 0) is 31.9 Å². The summed E-state index contributed by atoms with van der Waals surface area (Å²) in [5, 5.41) is 18.4. The molecule has 1 aromatic rings. The molecule has 19 heavy (non-hydrogen) atoms. The minimum absolute atomic E-state index is 0.551. The highest BCUT2D eigenvalue weighted by Crippen LogP contribution is 2.15. The lowest BCUT2D eigenvalue weighted by atomic mass is 9.79. The SMILES string of the molecule is CC1CN(Cc2cccc(B(O)O)c2)CC(C)N1C. The number of piperazine rings is 1. The van der Waals surface area contributed by atoms with Gasteiger partial charge in [0, 0.05) is 31.7 Å². The molecule has 5 heteroatoms. The van der Waals surface area contributed by atoms with E-state index in [0.29, 0.717) is 17.5 Å². The second-order valence-corrected chi connectivity index (χ2v) is 5.68. The minimum atomic E-state index is -1.38. The Labute approximate surface area is 115 Å². The summed E-state index contributed by atoms with van der Waals surface area (Å²) < 4.78 is 0. The van der Waals surface area contributed by atoms with Gasteiger partial charge in [0.2, 0.25) is 0 Å². The Hall–Kier alpha value is -0.875. The largest absolute Gasteiger partial charge is 0.488 e. The Morgan fingerprint density at radius 2 is 1.84 bits per heavy atom. The zero-order valence-electron chi connectivity index (χ0n) is 12.0. The first-order valence-corrected chi connectivity index (χ1v) is 6.86. The predicted molar refractivity (Wildman–Crippen MR) is 78.2 cm³/mol. The number of benzene rings is 1. The van der Waals surface area contributed by atoms with E-state index in [-0.39, 0.29) is 0 Å². The Bertz CT molecular complexity index is 416. The third kappa shape index (κ3) is 3.57. The van der Waals surface area contributed by atoms with Crippen molar-refractivity contribution in [2.75, 3.05) is 20.1 Å². The lowest BCUT2D eigenvalue weighted by Crippen LogP contribution is -2.54. The first kappa shape index (κ1) is 14.5. The zero-order chi connectivity index (χ0) is 14.0. The van der Waals surface area contributed by atoms with Crippen LogP contribution in [-0.4, -0.2) is 59.2 Å². The molecule has 0 spiro atoms. The van der Waals surface area contributed by atoms with E-state index in [4.69, 9.17) is 0 Å². The summed E-state index contributed by atoms with van der Waals surface area (Å²) in [5.74, 6) is 0. The van der Waals surface area contributed by atoms with Crippen molar-refractivity contribution >= 4 is 12.6 Å². The van der Waals surface area contributed by atoms with Gasteiger partial charge < -0.3 is 10.0 Å². The average Bonchev–Trinajstić information content (AvgIpc) is 2.36. The van der Waals surface area contributed by atoms with E-state index in [1.807, 2.05) is 18.2 Å². The van der Waals surface area contributed by atoms with Gasteiger partial charge in [-0.3, -0.25) is 9.80 Å². The van der Waals surface area contributed by atoms with Crippen LogP contribution in [0, 0.1) is 0 Å². The fourth-order valence-electron chi connectivity index (χ4n) is 2.75. The van der Waals surface area contributed by atoms with E-state index >= 15 is 0 Å². The van der Waals surface area contributed by atoms with Crippen molar-refractivity contribution in [1.29, 1.82) is 0 Å². The first-order chi connectivity index (χ1) is 8.97. The molecule has 2 N–H and O–H groups in total. The number of likely N-dealkylation sites (N-methyl/N-ethyl adjacent to an activating group) is 1. The number of hydrogen-bond acceptors (Lipinski definition) is 4. The number of nitrogens with zero attached hydrogens (tertiary/aromatic N) is 2. The van der Waals surface area contributed by atoms with Gasteiger partial charge in [0.25, 0.3) is 0 Å². The van der Waals surface area contributed by atoms with Gasteiger partial charge in [0.15, 0.2) is 0 Å². The monoisotopic (exact) mass is 262 g/mol. The molecule has 0 radical (unpaired) electrons. The molecule has 2 atom stereocenters. The molecular weight excluding hydrogens is 239 g/mol. The molecule has 1 fully saturated rings. The molecule has 0 saturated carbocycles. The van der Waals surface area contributed by atoms with E-state index in [1.54, 1.807) is 6.07 Å². The van der Waals surface area contributed by atoms with Crippen molar-refractivity contribution in [3.8, 4) is 0 Å². The molecule has 1 heterocycles. The second kappa shape index (κ2) is 6.05. The van der Waals surface area contributed by atoms with Crippen LogP contribution >= 0.6 is 0 Å². The smallest absolute Gasteiger partial charge is 0.423 e. The van der Waals surface area contributed by atoms with Gasteiger partial charge in [-0.15, -0.1) is 0 Å². The van der Waals surface area contributed by atoms with Crippen molar-refractivity contribution in [2.45, 2.75) is 32.5 Å². The van der Waals surface area contributed by atoms with Gasteiger partial charge in [0.1, 0.15) is 0 Å². The fraction of sp³-hybridized carbons (Fsp3) is 0.571. The van der Waals surface area contributed by atoms with Crippen LogP contribution in [0.4, 0.5) is 0 Å². The van der Waals surface area contributed by atoms with E-state index in [1.165, 1.54) is 0 Å². The molecule has 0 amide bonds. The summed E-state index contributed by atoms with van der Waals surface area (Å²) in [4.78, 5) is 4.84. The lowest BCUT2D eigenvalue weighted by molar-refractivity contribution is 0.0556. The van der Waals surface area contributed by atoms with Crippen molar-refractivity contribution in [3.05, 3.63) is 29.8 Å². The van der Waals surface area contributed by atoms with Crippen molar-refractivity contribution < 1.29 is 10.0 Å². The molecular formula is C14H23BN2O2. The van der Waals surface area contributed by atoms with Crippen LogP contribution in [0.15, 0.2) is 24.3 Å². The lowest BCUT2D eigenvalue weighted by Gasteiger charge is -2.42. The number of rotatable bonds is 3. The molecule has 104 valence electrons. The maximum absolute atomic E-state index is 9.21. The van der Waals surface area contributed by atoms with Crippen molar-refractivity contribution in [2.24, 2.45) is 0 Å². The highest BCUT2D eigenvalue weighted by atomic mass is 16.4. The van der Waals surface area contributed by atoms with Crippen LogP contribution in [0.3, 0.4) is 0 Å². The predicted octanol–water partition coefficient (Wildman–Crippen LogP) is -0.109. The molecule has 0 bridgehead atoms. The molecule has 1 aliphatic rings. The van der Waals surface area contributed by atoms with Crippen LogP contribution < -0.4 is 5.46 Å². The highest BCUT2D eigenvalue weighted by molar-refractivity contribution is 6.58. The maximum Gasteiger partial charge on any atom is 0.488 e. The fourth-order valence-corrected chi connectivity index (χ4v) is 2.75. The van der Waals surface area contributed by atoms with Crippen molar-refractivity contribution in [3.63, 3.8) is 0 Å². The molecule has 4 nitrogen and oxygen atoms in total. The van der Waals surface area contributed by atoms with E-state index in [2.05, 4.69) is 30.7 Å². The van der Waals surface area contributed by atoms with Crippen LogP contribution in [0.5, 0.6) is 0 Å². The molecule has 1 saturated heterocycles. The second-order valence-electron chi connectivity index (χ2n) is 5.68. The normalized spacial score (nSPS) is 25.5. The molecule has 2 unspecified atom stereocenters. The quantitative estimate of drug-likeness (QED) is 0.746. The Kier molecular flexibility index (Phi) is 4.63. The van der Waals surface area contributed by atoms with Crippen LogP contribution in [0.1, 0.15) is 19.4 Å². The topological polar surface area (TPSA) is 46.9 Å². The summed E-state index contributed by atoms with van der Waals surface area (Å²) in [6, 6.07) is 8.64. The molecule has 2 rings (SSSR count). The van der Waals surface area contributed by atoms with Gasteiger partial charge in [-0.1, -0.05) is 24.3 Å². The molecule has 1 aromatic carbocycles. The summed E-state index contributed by atoms with van der Waals surface area (Å²) in [6.07, 6.45) is 0. The van der Waals surface area contributed by atoms with Gasteiger partial charge in [-0.2, -0.15) is 0 Å². The van der Waals surface area contributed by atoms with Gasteiger partial charge >= 0.3 is 7.12 Å². The Morgan fingerprint density at radius 3 is 2.42 bits per heavy atom. The summed E-state index contributed by atoms with van der Waals surface area (Å²) >= 11 is 0. The van der Waals surface area contributed by atoms with Gasteiger partial charge in [0.05, 0.1) is 0 Å². The third-order valence-corrected chi connectivity index (χ3v) is 4.09. The standard InChI is InChI=1S/C14H23BN2O2/c1-11-8-17(9-12(2)16(11)3)10-13-5-4-6-14(7-13)15(18)19/h4-7,11-12,18-19H,8-10H2,1-3H3. The summed E-state index contributed by atoms with van der Waals surface area (Å²) in [5.41, 5.74) is 1.70. The molecule has 1 aliphatic heterocycles. The Balaban J connectivity index is 2.03. The Morgan fingerprint density at radius 1 is 1.21 bits per heavy atom. The van der Waals surface area contributed by atoms with E-state index < -0.39 is 7.12 Å². The zero-order valence-corrected chi connectivity index (χ0v) is 12.0. The summed E-state index contributed by atoms with van der Waals surface area (Å²) in [6.45, 7) is 7.45. The van der Waals surface area contributed by atoms with E-state index in [0.717, 1.165) is 25.2 Å². The molecule has 0 aliphatic carbocycles. The first-order valence-electron chi connectivity index (χ1n) is 6.86. The van der Waals surface area contributed by atoms with Gasteiger partial charge in [-0.25, -0.2) is 0 Å². The minimum Gasteiger partial charge on any atom is -0.423 e. The van der Waals surface area contributed by atoms with Crippen LogP contribution in [-0.2, 0) is 6.54 Å². The molecule has 0 aromatic heterocycles. The third-order valence-electron chi connectivity index (χ3n) is 4.09. The van der Waals surface area contributed by atoms with Crippen molar-refractivity contribution in [1.82, 2.24) is 9.80 Å². The van der Waals surface area contributed by atoms with Crippen LogP contribution in [0.2, 0.25) is 0 Å². The van der Waals surface area contributed by atoms with E-state index in [9.17, 15) is 10.0 Å². The number of hydrogen-bond donors (Lipinski definition) is 2. The summed E-state index contributed by atoms with van der Waals surface area (Å²) in [7, 11) is 0.792. The maximum atomic E-state index is 9.21. The van der Waals surface area contributed by atoms with Crippen LogP contribution in [0.25, 0.3) is 0 Å². The average molecular weight is 262 g/mol. The highest BCUT2D eigenvalue weighted by Gasteiger charge is 2.26.